The van der Waals surface area contributed by atoms with E-state index in [1.807, 2.05) is 24.3 Å². The predicted octanol–water partition coefficient (Wildman–Crippen LogP) is 5.61. The summed E-state index contributed by atoms with van der Waals surface area (Å²) in [4.78, 5) is 11.7. The highest BCUT2D eigenvalue weighted by molar-refractivity contribution is 6.30. The van der Waals surface area contributed by atoms with Crippen LogP contribution in [0.15, 0.2) is 30.3 Å². The van der Waals surface area contributed by atoms with E-state index in [-0.39, 0.29) is 5.91 Å². The maximum Gasteiger partial charge on any atom is 0.243 e. The third-order valence-corrected chi connectivity index (χ3v) is 3.88. The first kappa shape index (κ1) is 18.8. The van der Waals surface area contributed by atoms with Crippen LogP contribution in [0.5, 0.6) is 0 Å². The minimum Gasteiger partial charge on any atom is -0.353 e. The van der Waals surface area contributed by atoms with Crippen LogP contribution in [0.4, 0.5) is 0 Å². The third-order valence-electron chi connectivity index (χ3n) is 3.63. The van der Waals surface area contributed by atoms with Gasteiger partial charge < -0.3 is 5.32 Å². The number of carbonyl (C=O) groups is 1. The van der Waals surface area contributed by atoms with Crippen molar-refractivity contribution in [1.82, 2.24) is 5.32 Å². The number of nitrogens with one attached hydrogen (secondary N) is 1. The van der Waals surface area contributed by atoms with Crippen LogP contribution in [0, 0.1) is 0 Å². The van der Waals surface area contributed by atoms with Crippen molar-refractivity contribution in [1.29, 1.82) is 0 Å². The second-order valence-electron chi connectivity index (χ2n) is 5.65. The molecule has 0 aliphatic carbocycles. The SMILES string of the molecule is CCCCCCCCCCNC(=O)/C=C/c1ccc(Cl)cc1. The summed E-state index contributed by atoms with van der Waals surface area (Å²) in [6, 6.07) is 7.43. The Hall–Kier alpha value is -1.28. The summed E-state index contributed by atoms with van der Waals surface area (Å²) in [5.41, 5.74) is 0.978. The minimum absolute atomic E-state index is 0.0297. The van der Waals surface area contributed by atoms with Gasteiger partial charge in [-0.2, -0.15) is 0 Å². The molecule has 0 aliphatic rings. The van der Waals surface area contributed by atoms with Crippen molar-refractivity contribution in [2.75, 3.05) is 6.54 Å². The summed E-state index contributed by atoms with van der Waals surface area (Å²) in [7, 11) is 0. The molecule has 3 heteroatoms. The van der Waals surface area contributed by atoms with E-state index in [1.54, 1.807) is 12.2 Å². The third kappa shape index (κ3) is 9.62. The summed E-state index contributed by atoms with van der Waals surface area (Å²) in [5, 5.41) is 3.63. The Labute approximate surface area is 140 Å². The van der Waals surface area contributed by atoms with Gasteiger partial charge in [-0.05, 0) is 30.2 Å². The van der Waals surface area contributed by atoms with E-state index in [0.29, 0.717) is 5.02 Å². The van der Waals surface area contributed by atoms with Crippen molar-refractivity contribution in [2.45, 2.75) is 58.3 Å². The molecule has 0 unspecified atom stereocenters. The Morgan fingerprint density at radius 2 is 1.59 bits per heavy atom. The molecule has 0 radical (unpaired) electrons. The van der Waals surface area contributed by atoms with E-state index in [4.69, 9.17) is 11.6 Å². The van der Waals surface area contributed by atoms with Gasteiger partial charge >= 0.3 is 0 Å². The zero-order chi connectivity index (χ0) is 16.0. The highest BCUT2D eigenvalue weighted by Crippen LogP contribution is 2.10. The molecule has 0 spiro atoms. The normalized spacial score (nSPS) is 11.0. The van der Waals surface area contributed by atoms with Crippen LogP contribution in [-0.2, 0) is 4.79 Å². The smallest absolute Gasteiger partial charge is 0.243 e. The number of carbonyl (C=O) groups excluding carboxylic acids is 1. The van der Waals surface area contributed by atoms with Crippen LogP contribution in [0.3, 0.4) is 0 Å². The number of benzene rings is 1. The molecule has 1 rings (SSSR count). The van der Waals surface area contributed by atoms with E-state index in [9.17, 15) is 4.79 Å². The molecule has 0 bridgehead atoms. The number of hydrogen-bond donors (Lipinski definition) is 1. The van der Waals surface area contributed by atoms with Crippen molar-refractivity contribution in [3.05, 3.63) is 40.9 Å². The molecule has 0 aromatic heterocycles. The quantitative estimate of drug-likeness (QED) is 0.416. The van der Waals surface area contributed by atoms with Crippen LogP contribution in [0.2, 0.25) is 5.02 Å². The van der Waals surface area contributed by atoms with Gasteiger partial charge in [0.1, 0.15) is 0 Å². The van der Waals surface area contributed by atoms with Gasteiger partial charge in [0, 0.05) is 17.6 Å². The average Bonchev–Trinajstić information content (AvgIpc) is 2.53. The number of amides is 1. The van der Waals surface area contributed by atoms with Gasteiger partial charge in [0.15, 0.2) is 0 Å². The minimum atomic E-state index is -0.0297. The van der Waals surface area contributed by atoms with E-state index in [2.05, 4.69) is 12.2 Å². The second kappa shape index (κ2) is 12.3. The van der Waals surface area contributed by atoms with E-state index in [1.165, 1.54) is 44.9 Å². The molecule has 2 nitrogen and oxygen atoms in total. The monoisotopic (exact) mass is 321 g/mol. The fraction of sp³-hybridized carbons (Fsp3) is 0.526. The van der Waals surface area contributed by atoms with Gasteiger partial charge in [-0.25, -0.2) is 0 Å². The van der Waals surface area contributed by atoms with Crippen LogP contribution >= 0.6 is 11.6 Å². The molecule has 0 heterocycles. The van der Waals surface area contributed by atoms with Crippen LogP contribution < -0.4 is 5.32 Å². The fourth-order valence-corrected chi connectivity index (χ4v) is 2.40. The molecule has 1 N–H and O–H groups in total. The molecule has 1 amide bonds. The first-order valence-electron chi connectivity index (χ1n) is 8.44. The van der Waals surface area contributed by atoms with E-state index >= 15 is 0 Å². The summed E-state index contributed by atoms with van der Waals surface area (Å²) in [5.74, 6) is -0.0297. The standard InChI is InChI=1S/C19H28ClNO/c1-2-3-4-5-6-7-8-9-16-21-19(22)15-12-17-10-13-18(20)14-11-17/h10-15H,2-9,16H2,1H3,(H,21,22)/b15-12+. The molecule has 0 saturated carbocycles. The van der Waals surface area contributed by atoms with Crippen molar-refractivity contribution in [3.63, 3.8) is 0 Å². The lowest BCUT2D eigenvalue weighted by molar-refractivity contribution is -0.116. The molecular formula is C19H28ClNO. The first-order valence-corrected chi connectivity index (χ1v) is 8.81. The number of rotatable bonds is 11. The molecule has 22 heavy (non-hydrogen) atoms. The summed E-state index contributed by atoms with van der Waals surface area (Å²) < 4.78 is 0. The Morgan fingerprint density at radius 3 is 2.23 bits per heavy atom. The maximum absolute atomic E-state index is 11.7. The summed E-state index contributed by atoms with van der Waals surface area (Å²) in [6.07, 6.45) is 13.6. The topological polar surface area (TPSA) is 29.1 Å². The van der Waals surface area contributed by atoms with E-state index < -0.39 is 0 Å². The molecule has 0 fully saturated rings. The van der Waals surface area contributed by atoms with Gasteiger partial charge in [0.25, 0.3) is 0 Å². The molecule has 1 aromatic rings. The fourth-order valence-electron chi connectivity index (χ4n) is 2.28. The Balaban J connectivity index is 2.02. The molecule has 0 aliphatic heterocycles. The van der Waals surface area contributed by atoms with Gasteiger partial charge in [-0.15, -0.1) is 0 Å². The molecule has 1 aromatic carbocycles. The Kier molecular flexibility index (Phi) is 10.5. The van der Waals surface area contributed by atoms with Crippen LogP contribution in [-0.4, -0.2) is 12.5 Å². The van der Waals surface area contributed by atoms with Crippen LogP contribution in [0.1, 0.15) is 63.9 Å². The largest absolute Gasteiger partial charge is 0.353 e. The average molecular weight is 322 g/mol. The Morgan fingerprint density at radius 1 is 1.00 bits per heavy atom. The Bertz CT molecular complexity index is 439. The van der Waals surface area contributed by atoms with Gasteiger partial charge in [-0.1, -0.05) is 75.6 Å². The molecule has 0 atom stereocenters. The van der Waals surface area contributed by atoms with Crippen molar-refractivity contribution in [2.24, 2.45) is 0 Å². The van der Waals surface area contributed by atoms with Crippen molar-refractivity contribution in [3.8, 4) is 0 Å². The second-order valence-corrected chi connectivity index (χ2v) is 6.09. The lowest BCUT2D eigenvalue weighted by Crippen LogP contribution is -2.21. The lowest BCUT2D eigenvalue weighted by Gasteiger charge is -2.03. The van der Waals surface area contributed by atoms with E-state index in [0.717, 1.165) is 18.5 Å². The molecule has 0 saturated heterocycles. The predicted molar refractivity (Wildman–Crippen MR) is 96.1 cm³/mol. The highest BCUT2D eigenvalue weighted by Gasteiger charge is 1.96. The van der Waals surface area contributed by atoms with Gasteiger partial charge in [-0.3, -0.25) is 4.79 Å². The highest BCUT2D eigenvalue weighted by atomic mass is 35.5. The van der Waals surface area contributed by atoms with Gasteiger partial charge in [0.05, 0.1) is 0 Å². The van der Waals surface area contributed by atoms with Crippen molar-refractivity contribution < 1.29 is 4.79 Å². The molecule has 122 valence electrons. The van der Waals surface area contributed by atoms with Crippen LogP contribution in [0.25, 0.3) is 6.08 Å². The lowest BCUT2D eigenvalue weighted by atomic mass is 10.1. The molecular weight excluding hydrogens is 294 g/mol. The summed E-state index contributed by atoms with van der Waals surface area (Å²) >= 11 is 5.82. The van der Waals surface area contributed by atoms with Crippen molar-refractivity contribution >= 4 is 23.6 Å². The zero-order valence-electron chi connectivity index (χ0n) is 13.6. The number of hydrogen-bond acceptors (Lipinski definition) is 1. The maximum atomic E-state index is 11.7. The van der Waals surface area contributed by atoms with Gasteiger partial charge in [0.2, 0.25) is 5.91 Å². The zero-order valence-corrected chi connectivity index (χ0v) is 14.4. The number of unbranched alkanes of at least 4 members (excludes halogenated alkanes) is 7. The number of halogens is 1. The summed E-state index contributed by atoms with van der Waals surface area (Å²) in [6.45, 7) is 3.00. The first-order chi connectivity index (χ1) is 10.7.